The molecule has 0 unspecified atom stereocenters. The molecular formula is C19H24F3N5S. The molecule has 2 aromatic rings. The number of nitrogens with zero attached hydrogens (tertiary/aromatic N) is 3. The van der Waals surface area contributed by atoms with Crippen molar-refractivity contribution in [2.75, 3.05) is 20.1 Å². The lowest BCUT2D eigenvalue weighted by molar-refractivity contribution is -0.140. The first-order valence-corrected chi connectivity index (χ1v) is 10.1. The van der Waals surface area contributed by atoms with Crippen LogP contribution in [0.4, 0.5) is 13.2 Å². The van der Waals surface area contributed by atoms with Crippen LogP contribution in [-0.4, -0.2) is 42.0 Å². The van der Waals surface area contributed by atoms with Gasteiger partial charge in [0.1, 0.15) is 5.01 Å². The molecule has 28 heavy (non-hydrogen) atoms. The van der Waals surface area contributed by atoms with Gasteiger partial charge >= 0.3 is 6.18 Å². The fraction of sp³-hybridized carbons (Fsp3) is 0.474. The molecule has 0 atom stereocenters. The summed E-state index contributed by atoms with van der Waals surface area (Å²) in [6.45, 7) is 3.15. The number of benzene rings is 1. The van der Waals surface area contributed by atoms with Crippen LogP contribution >= 0.6 is 11.3 Å². The molecule has 152 valence electrons. The molecule has 1 saturated heterocycles. The summed E-state index contributed by atoms with van der Waals surface area (Å²) in [7, 11) is 1.66. The maximum Gasteiger partial charge on any atom is 0.434 e. The number of nitrogens with one attached hydrogen (secondary N) is 2. The van der Waals surface area contributed by atoms with Crippen molar-refractivity contribution < 1.29 is 13.2 Å². The van der Waals surface area contributed by atoms with Crippen LogP contribution in [0.25, 0.3) is 0 Å². The van der Waals surface area contributed by atoms with E-state index in [1.165, 1.54) is 5.56 Å². The number of piperidine rings is 1. The van der Waals surface area contributed by atoms with Crippen LogP contribution in [0.15, 0.2) is 40.7 Å². The molecule has 0 bridgehead atoms. The van der Waals surface area contributed by atoms with E-state index in [9.17, 15) is 13.2 Å². The summed E-state index contributed by atoms with van der Waals surface area (Å²) in [6, 6.07) is 10.7. The lowest BCUT2D eigenvalue weighted by atomic mass is 10.0. The zero-order valence-corrected chi connectivity index (χ0v) is 16.5. The van der Waals surface area contributed by atoms with Crippen LogP contribution in [0.1, 0.15) is 29.1 Å². The smallest absolute Gasteiger partial charge is 0.354 e. The van der Waals surface area contributed by atoms with Crippen LogP contribution < -0.4 is 10.6 Å². The Hall–Kier alpha value is -2.13. The number of alkyl halides is 3. The van der Waals surface area contributed by atoms with Crippen molar-refractivity contribution in [1.82, 2.24) is 20.5 Å². The standard InChI is InChI=1S/C19H24F3N5S/c1-23-18(24-11-17-26-16(13-28-17)19(20,21)22)25-15-7-9-27(10-8-15)12-14-5-3-2-4-6-14/h2-6,13,15H,7-12H2,1H3,(H2,23,24,25). The largest absolute Gasteiger partial charge is 0.434 e. The van der Waals surface area contributed by atoms with Gasteiger partial charge in [0.25, 0.3) is 0 Å². The lowest BCUT2D eigenvalue weighted by Crippen LogP contribution is -2.48. The van der Waals surface area contributed by atoms with Crippen molar-refractivity contribution in [3.8, 4) is 0 Å². The summed E-state index contributed by atoms with van der Waals surface area (Å²) in [5.74, 6) is 0.588. The second kappa shape index (κ2) is 9.38. The minimum atomic E-state index is -4.40. The normalized spacial score (nSPS) is 16.9. The molecule has 3 rings (SSSR count). The van der Waals surface area contributed by atoms with Gasteiger partial charge < -0.3 is 10.6 Å². The molecule has 1 aliphatic heterocycles. The zero-order valence-electron chi connectivity index (χ0n) is 15.7. The number of guanidine groups is 1. The molecule has 5 nitrogen and oxygen atoms in total. The Bertz CT molecular complexity index is 767. The predicted molar refractivity (Wildman–Crippen MR) is 105 cm³/mol. The number of hydrogen-bond acceptors (Lipinski definition) is 4. The average molecular weight is 411 g/mol. The van der Waals surface area contributed by atoms with Crippen LogP contribution in [0.3, 0.4) is 0 Å². The summed E-state index contributed by atoms with van der Waals surface area (Å²) < 4.78 is 37.9. The number of hydrogen-bond donors (Lipinski definition) is 2. The third kappa shape index (κ3) is 5.93. The molecule has 0 saturated carbocycles. The number of aromatic nitrogens is 1. The molecule has 2 N–H and O–H groups in total. The Morgan fingerprint density at radius 2 is 1.96 bits per heavy atom. The van der Waals surface area contributed by atoms with E-state index in [4.69, 9.17) is 0 Å². The highest BCUT2D eigenvalue weighted by Gasteiger charge is 2.33. The van der Waals surface area contributed by atoms with Crippen LogP contribution in [0.5, 0.6) is 0 Å². The van der Waals surface area contributed by atoms with Gasteiger partial charge in [-0.1, -0.05) is 30.3 Å². The molecule has 0 radical (unpaired) electrons. The topological polar surface area (TPSA) is 52.6 Å². The van der Waals surface area contributed by atoms with Crippen LogP contribution in [0.2, 0.25) is 0 Å². The minimum absolute atomic E-state index is 0.216. The van der Waals surface area contributed by atoms with Crippen molar-refractivity contribution in [2.24, 2.45) is 4.99 Å². The Labute approximate surface area is 166 Å². The molecule has 0 spiro atoms. The molecule has 2 heterocycles. The van der Waals surface area contributed by atoms with Gasteiger partial charge in [-0.3, -0.25) is 9.89 Å². The van der Waals surface area contributed by atoms with Gasteiger partial charge in [0.2, 0.25) is 0 Å². The molecule has 1 aromatic heterocycles. The van der Waals surface area contributed by atoms with Gasteiger partial charge in [0.05, 0.1) is 6.54 Å². The molecule has 0 amide bonds. The highest BCUT2D eigenvalue weighted by molar-refractivity contribution is 7.09. The van der Waals surface area contributed by atoms with E-state index < -0.39 is 11.9 Å². The SMILES string of the molecule is CN=C(NCc1nc(C(F)(F)F)cs1)NC1CCN(Cc2ccccc2)CC1. The Morgan fingerprint density at radius 3 is 2.57 bits per heavy atom. The predicted octanol–water partition coefficient (Wildman–Crippen LogP) is 3.49. The highest BCUT2D eigenvalue weighted by Crippen LogP contribution is 2.29. The maximum atomic E-state index is 12.6. The first-order valence-electron chi connectivity index (χ1n) is 9.19. The van der Waals surface area contributed by atoms with Gasteiger partial charge in [0.15, 0.2) is 11.7 Å². The number of aliphatic imine (C=N–C) groups is 1. The van der Waals surface area contributed by atoms with Gasteiger partial charge in [-0.05, 0) is 18.4 Å². The minimum Gasteiger partial charge on any atom is -0.354 e. The van der Waals surface area contributed by atoms with Crippen molar-refractivity contribution >= 4 is 17.3 Å². The van der Waals surface area contributed by atoms with Crippen LogP contribution in [0, 0.1) is 0 Å². The number of halogens is 3. The van der Waals surface area contributed by atoms with Crippen molar-refractivity contribution in [2.45, 2.75) is 38.1 Å². The van der Waals surface area contributed by atoms with E-state index in [-0.39, 0.29) is 6.54 Å². The number of likely N-dealkylation sites (tertiary alicyclic amines) is 1. The van der Waals surface area contributed by atoms with Gasteiger partial charge in [-0.25, -0.2) is 4.98 Å². The van der Waals surface area contributed by atoms with Crippen molar-refractivity contribution in [3.05, 3.63) is 52.0 Å². The van der Waals surface area contributed by atoms with E-state index in [1.807, 2.05) is 6.07 Å². The van der Waals surface area contributed by atoms with Crippen LogP contribution in [-0.2, 0) is 19.3 Å². The van der Waals surface area contributed by atoms with E-state index in [0.717, 1.165) is 49.2 Å². The molecule has 1 fully saturated rings. The summed E-state index contributed by atoms with van der Waals surface area (Å²) >= 11 is 0.993. The van der Waals surface area contributed by atoms with E-state index in [1.54, 1.807) is 7.05 Å². The molecule has 0 aliphatic carbocycles. The second-order valence-electron chi connectivity index (χ2n) is 6.73. The average Bonchev–Trinajstić information content (AvgIpc) is 3.17. The maximum absolute atomic E-state index is 12.6. The third-order valence-electron chi connectivity index (χ3n) is 4.65. The quantitative estimate of drug-likeness (QED) is 0.584. The van der Waals surface area contributed by atoms with Gasteiger partial charge in [-0.15, -0.1) is 11.3 Å². The highest BCUT2D eigenvalue weighted by atomic mass is 32.1. The first-order chi connectivity index (χ1) is 13.4. The van der Waals surface area contributed by atoms with E-state index in [2.05, 4.69) is 49.8 Å². The zero-order chi connectivity index (χ0) is 20.0. The van der Waals surface area contributed by atoms with E-state index in [0.29, 0.717) is 17.0 Å². The van der Waals surface area contributed by atoms with Crippen molar-refractivity contribution in [1.29, 1.82) is 0 Å². The van der Waals surface area contributed by atoms with Gasteiger partial charge in [-0.2, -0.15) is 13.2 Å². The fourth-order valence-electron chi connectivity index (χ4n) is 3.15. The molecule has 1 aromatic carbocycles. The lowest BCUT2D eigenvalue weighted by Gasteiger charge is -2.33. The Balaban J connectivity index is 1.42. The van der Waals surface area contributed by atoms with Gasteiger partial charge in [0, 0.05) is 38.1 Å². The number of rotatable bonds is 5. The summed E-state index contributed by atoms with van der Waals surface area (Å²) in [5, 5.41) is 7.84. The summed E-state index contributed by atoms with van der Waals surface area (Å²) in [6.07, 6.45) is -2.42. The second-order valence-corrected chi connectivity index (χ2v) is 7.67. The summed E-state index contributed by atoms with van der Waals surface area (Å²) in [4.78, 5) is 10.2. The monoisotopic (exact) mass is 411 g/mol. The third-order valence-corrected chi connectivity index (χ3v) is 5.50. The summed E-state index contributed by atoms with van der Waals surface area (Å²) in [5.41, 5.74) is 0.469. The van der Waals surface area contributed by atoms with E-state index >= 15 is 0 Å². The molecular weight excluding hydrogens is 387 g/mol. The fourth-order valence-corrected chi connectivity index (χ4v) is 3.89. The Morgan fingerprint density at radius 1 is 1.25 bits per heavy atom. The number of thiazole rings is 1. The molecule has 1 aliphatic rings. The van der Waals surface area contributed by atoms with Crippen molar-refractivity contribution in [3.63, 3.8) is 0 Å². The molecule has 9 heteroatoms. The Kier molecular flexibility index (Phi) is 6.90. The first kappa shape index (κ1) is 20.6.